The van der Waals surface area contributed by atoms with Crippen molar-refractivity contribution in [1.29, 1.82) is 0 Å². The van der Waals surface area contributed by atoms with Gasteiger partial charge in [0.15, 0.2) is 5.13 Å². The number of nitrogens with zero attached hydrogens (tertiary/aromatic N) is 2. The van der Waals surface area contributed by atoms with Crippen molar-refractivity contribution in [2.75, 3.05) is 12.4 Å². The topological polar surface area (TPSA) is 47.0 Å². The van der Waals surface area contributed by atoms with E-state index in [-0.39, 0.29) is 0 Å². The molecule has 3 rings (SSSR count). The first kappa shape index (κ1) is 15.0. The standard InChI is InChI=1S/C16H17N3OS2/c1-9-5-6-12(20-4)7-13(9)18-16-19-14(8-21-16)15-10(2)17-11(3)22-15/h5-8H,1-4H3,(H,18,19). The lowest BCUT2D eigenvalue weighted by Crippen LogP contribution is -1.94. The highest BCUT2D eigenvalue weighted by Crippen LogP contribution is 2.34. The van der Waals surface area contributed by atoms with Crippen LogP contribution < -0.4 is 10.1 Å². The van der Waals surface area contributed by atoms with Crippen LogP contribution in [0, 0.1) is 20.8 Å². The maximum atomic E-state index is 5.28. The van der Waals surface area contributed by atoms with Gasteiger partial charge >= 0.3 is 0 Å². The van der Waals surface area contributed by atoms with Crippen LogP contribution in [0.25, 0.3) is 10.6 Å². The highest BCUT2D eigenvalue weighted by molar-refractivity contribution is 7.16. The van der Waals surface area contributed by atoms with Crippen molar-refractivity contribution in [3.8, 4) is 16.3 Å². The molecule has 0 aliphatic carbocycles. The van der Waals surface area contributed by atoms with Gasteiger partial charge < -0.3 is 10.1 Å². The molecule has 0 saturated heterocycles. The Labute approximate surface area is 137 Å². The Morgan fingerprint density at radius 1 is 1.14 bits per heavy atom. The van der Waals surface area contributed by atoms with Gasteiger partial charge in [-0.2, -0.15) is 0 Å². The molecular weight excluding hydrogens is 314 g/mol. The Balaban J connectivity index is 1.87. The van der Waals surface area contributed by atoms with E-state index in [4.69, 9.17) is 4.74 Å². The van der Waals surface area contributed by atoms with E-state index in [9.17, 15) is 0 Å². The fourth-order valence-corrected chi connectivity index (χ4v) is 3.85. The molecule has 114 valence electrons. The predicted molar refractivity (Wildman–Crippen MR) is 93.7 cm³/mol. The average molecular weight is 331 g/mol. The fraction of sp³-hybridized carbons (Fsp3) is 0.250. The summed E-state index contributed by atoms with van der Waals surface area (Å²) >= 11 is 3.28. The molecule has 0 aliphatic rings. The summed E-state index contributed by atoms with van der Waals surface area (Å²) in [4.78, 5) is 10.3. The first-order valence-electron chi connectivity index (χ1n) is 6.88. The highest BCUT2D eigenvalue weighted by atomic mass is 32.1. The lowest BCUT2D eigenvalue weighted by molar-refractivity contribution is 0.415. The maximum Gasteiger partial charge on any atom is 0.187 e. The van der Waals surface area contributed by atoms with E-state index in [1.54, 1.807) is 29.8 Å². The Kier molecular flexibility index (Phi) is 4.13. The first-order valence-corrected chi connectivity index (χ1v) is 8.58. The van der Waals surface area contributed by atoms with Crippen molar-refractivity contribution in [2.24, 2.45) is 0 Å². The molecule has 0 bridgehead atoms. The van der Waals surface area contributed by atoms with Gasteiger partial charge in [-0.15, -0.1) is 22.7 Å². The zero-order chi connectivity index (χ0) is 15.7. The van der Waals surface area contributed by atoms with Gasteiger partial charge in [-0.25, -0.2) is 9.97 Å². The maximum absolute atomic E-state index is 5.28. The van der Waals surface area contributed by atoms with E-state index in [0.29, 0.717) is 0 Å². The minimum atomic E-state index is 0.832. The van der Waals surface area contributed by atoms with E-state index >= 15 is 0 Å². The number of rotatable bonds is 4. The third kappa shape index (κ3) is 2.98. The zero-order valence-corrected chi connectivity index (χ0v) is 14.6. The van der Waals surface area contributed by atoms with Gasteiger partial charge in [0.1, 0.15) is 5.75 Å². The molecule has 0 spiro atoms. The molecule has 0 saturated carbocycles. The van der Waals surface area contributed by atoms with Crippen LogP contribution in [0.15, 0.2) is 23.6 Å². The minimum Gasteiger partial charge on any atom is -0.497 e. The lowest BCUT2D eigenvalue weighted by atomic mass is 10.2. The zero-order valence-electron chi connectivity index (χ0n) is 12.9. The Hall–Kier alpha value is -1.92. The second kappa shape index (κ2) is 6.06. The van der Waals surface area contributed by atoms with Crippen LogP contribution >= 0.6 is 22.7 Å². The van der Waals surface area contributed by atoms with Crippen LogP contribution in [0.3, 0.4) is 0 Å². The molecule has 0 radical (unpaired) electrons. The molecule has 0 amide bonds. The lowest BCUT2D eigenvalue weighted by Gasteiger charge is -2.08. The number of anilines is 2. The van der Waals surface area contributed by atoms with Crippen LogP contribution in [0.2, 0.25) is 0 Å². The van der Waals surface area contributed by atoms with Gasteiger partial charge in [0.2, 0.25) is 0 Å². The molecule has 3 aromatic rings. The van der Waals surface area contributed by atoms with Gasteiger partial charge in [-0.3, -0.25) is 0 Å². The number of methoxy groups -OCH3 is 1. The number of benzene rings is 1. The summed E-state index contributed by atoms with van der Waals surface area (Å²) in [6.45, 7) is 6.11. The first-order chi connectivity index (χ1) is 10.6. The summed E-state index contributed by atoms with van der Waals surface area (Å²) in [5.41, 5.74) is 4.19. The van der Waals surface area contributed by atoms with Crippen molar-refractivity contribution in [3.63, 3.8) is 0 Å². The van der Waals surface area contributed by atoms with Crippen LogP contribution in [-0.4, -0.2) is 17.1 Å². The number of aromatic nitrogens is 2. The fourth-order valence-electron chi connectivity index (χ4n) is 2.18. The summed E-state index contributed by atoms with van der Waals surface area (Å²) in [5, 5.41) is 7.38. The number of aryl methyl sites for hydroxylation is 3. The van der Waals surface area contributed by atoms with Crippen LogP contribution in [0.1, 0.15) is 16.3 Å². The largest absolute Gasteiger partial charge is 0.497 e. The SMILES string of the molecule is COc1ccc(C)c(Nc2nc(-c3sc(C)nc3C)cs2)c1. The van der Waals surface area contributed by atoms with E-state index in [1.807, 2.05) is 32.0 Å². The van der Waals surface area contributed by atoms with E-state index in [0.717, 1.165) is 43.4 Å². The number of thiazole rings is 2. The summed E-state index contributed by atoms with van der Waals surface area (Å²) < 4.78 is 5.28. The third-order valence-electron chi connectivity index (χ3n) is 3.33. The van der Waals surface area contributed by atoms with Gasteiger partial charge in [-0.05, 0) is 32.4 Å². The molecule has 22 heavy (non-hydrogen) atoms. The van der Waals surface area contributed by atoms with Crippen molar-refractivity contribution in [2.45, 2.75) is 20.8 Å². The predicted octanol–water partition coefficient (Wildman–Crippen LogP) is 4.94. The molecule has 0 fully saturated rings. The smallest absolute Gasteiger partial charge is 0.187 e. The normalized spacial score (nSPS) is 10.7. The third-order valence-corrected chi connectivity index (χ3v) is 5.18. The molecule has 2 heterocycles. The Bertz CT molecular complexity index is 808. The molecule has 1 aromatic carbocycles. The van der Waals surface area contributed by atoms with Crippen molar-refractivity contribution in [1.82, 2.24) is 9.97 Å². The molecule has 0 atom stereocenters. The summed E-state index contributed by atoms with van der Waals surface area (Å²) in [5.74, 6) is 0.832. The van der Waals surface area contributed by atoms with Gasteiger partial charge in [0, 0.05) is 17.1 Å². The number of hydrogen-bond donors (Lipinski definition) is 1. The van der Waals surface area contributed by atoms with Crippen molar-refractivity contribution < 1.29 is 4.74 Å². The summed E-state index contributed by atoms with van der Waals surface area (Å²) in [6.07, 6.45) is 0. The molecular formula is C16H17N3OS2. The summed E-state index contributed by atoms with van der Waals surface area (Å²) in [7, 11) is 1.67. The van der Waals surface area contributed by atoms with E-state index < -0.39 is 0 Å². The van der Waals surface area contributed by atoms with Gasteiger partial charge in [0.25, 0.3) is 0 Å². The molecule has 1 N–H and O–H groups in total. The summed E-state index contributed by atoms with van der Waals surface area (Å²) in [6, 6.07) is 5.97. The second-order valence-corrected chi connectivity index (χ2v) is 7.05. The molecule has 0 unspecified atom stereocenters. The quantitative estimate of drug-likeness (QED) is 0.735. The highest BCUT2D eigenvalue weighted by Gasteiger charge is 2.12. The van der Waals surface area contributed by atoms with E-state index in [1.165, 1.54) is 0 Å². The Morgan fingerprint density at radius 3 is 2.64 bits per heavy atom. The average Bonchev–Trinajstić information content (AvgIpc) is 3.07. The molecule has 2 aromatic heterocycles. The number of nitrogens with one attached hydrogen (secondary N) is 1. The van der Waals surface area contributed by atoms with Gasteiger partial charge in [-0.1, -0.05) is 6.07 Å². The molecule has 4 nitrogen and oxygen atoms in total. The second-order valence-electron chi connectivity index (χ2n) is 4.99. The van der Waals surface area contributed by atoms with Crippen LogP contribution in [0.5, 0.6) is 5.75 Å². The molecule has 0 aliphatic heterocycles. The van der Waals surface area contributed by atoms with Crippen molar-refractivity contribution >= 4 is 33.5 Å². The number of ether oxygens (including phenoxy) is 1. The molecule has 6 heteroatoms. The monoisotopic (exact) mass is 331 g/mol. The van der Waals surface area contributed by atoms with Gasteiger partial charge in [0.05, 0.1) is 28.4 Å². The minimum absolute atomic E-state index is 0.832. The Morgan fingerprint density at radius 2 is 1.95 bits per heavy atom. The van der Waals surface area contributed by atoms with Crippen LogP contribution in [0.4, 0.5) is 10.8 Å². The van der Waals surface area contributed by atoms with E-state index in [2.05, 4.69) is 27.6 Å². The van der Waals surface area contributed by atoms with Crippen LogP contribution in [-0.2, 0) is 0 Å². The van der Waals surface area contributed by atoms with Crippen molar-refractivity contribution in [3.05, 3.63) is 39.8 Å². The number of hydrogen-bond acceptors (Lipinski definition) is 6.